The molecular formula is C48H83O13P. The van der Waals surface area contributed by atoms with Gasteiger partial charge in [-0.05, 0) is 77.0 Å². The summed E-state index contributed by atoms with van der Waals surface area (Å²) in [5.74, 6) is -1.18. The Labute approximate surface area is 373 Å². The normalized spacial score (nSPS) is 22.4. The molecule has 6 N–H and O–H groups in total. The number of aliphatic hydroxyl groups is 5. The maximum atomic E-state index is 12.8. The zero-order valence-electron chi connectivity index (χ0n) is 37.9. The topological polar surface area (TPSA) is 210 Å². The van der Waals surface area contributed by atoms with E-state index in [-0.39, 0.29) is 12.8 Å². The van der Waals surface area contributed by atoms with E-state index in [2.05, 4.69) is 62.5 Å². The van der Waals surface area contributed by atoms with Crippen LogP contribution in [0.15, 0.2) is 60.8 Å². The molecule has 14 heteroatoms. The minimum absolute atomic E-state index is 0.0173. The van der Waals surface area contributed by atoms with Crippen LogP contribution in [0.4, 0.5) is 0 Å². The third kappa shape index (κ3) is 29.8. The Morgan fingerprint density at radius 2 is 0.887 bits per heavy atom. The summed E-state index contributed by atoms with van der Waals surface area (Å²) in [6.45, 7) is 3.21. The molecule has 1 rings (SSSR count). The third-order valence-corrected chi connectivity index (χ3v) is 11.6. The molecule has 1 fully saturated rings. The number of phosphoric acid groups is 1. The van der Waals surface area contributed by atoms with E-state index in [1.807, 2.05) is 12.2 Å². The average molecular weight is 899 g/mol. The van der Waals surface area contributed by atoms with Gasteiger partial charge in [0.15, 0.2) is 6.10 Å². The Morgan fingerprint density at radius 3 is 1.42 bits per heavy atom. The van der Waals surface area contributed by atoms with Gasteiger partial charge in [-0.1, -0.05) is 145 Å². The van der Waals surface area contributed by atoms with Crippen molar-refractivity contribution >= 4 is 19.8 Å². The maximum absolute atomic E-state index is 12.8. The van der Waals surface area contributed by atoms with Gasteiger partial charge in [0.1, 0.15) is 43.2 Å². The van der Waals surface area contributed by atoms with Crippen LogP contribution in [-0.4, -0.2) is 98.3 Å². The highest BCUT2D eigenvalue weighted by Gasteiger charge is 2.51. The monoisotopic (exact) mass is 899 g/mol. The highest BCUT2D eigenvalue weighted by molar-refractivity contribution is 7.47. The molecule has 0 heterocycles. The van der Waals surface area contributed by atoms with Crippen LogP contribution in [0, 0.1) is 0 Å². The van der Waals surface area contributed by atoms with E-state index < -0.39 is 75.7 Å². The van der Waals surface area contributed by atoms with Crippen molar-refractivity contribution in [2.75, 3.05) is 13.2 Å². The first-order valence-corrected chi connectivity index (χ1v) is 25.1. The minimum Gasteiger partial charge on any atom is -0.462 e. The number of allylic oxidation sites excluding steroid dienone is 10. The molecule has 0 bridgehead atoms. The van der Waals surface area contributed by atoms with Gasteiger partial charge < -0.3 is 39.9 Å². The van der Waals surface area contributed by atoms with Gasteiger partial charge >= 0.3 is 19.8 Å². The Hall–Kier alpha value is -2.45. The fourth-order valence-corrected chi connectivity index (χ4v) is 7.72. The first-order chi connectivity index (χ1) is 29.9. The molecule has 13 nitrogen and oxygen atoms in total. The van der Waals surface area contributed by atoms with Crippen molar-refractivity contribution in [3.8, 4) is 0 Å². The summed E-state index contributed by atoms with van der Waals surface area (Å²) in [6.07, 6.45) is 32.9. The van der Waals surface area contributed by atoms with Gasteiger partial charge in [0, 0.05) is 12.8 Å². The lowest BCUT2D eigenvalue weighted by molar-refractivity contribution is -0.220. The standard InChI is InChI=1S/C48H83O13P/c1-3-5-7-9-11-13-15-17-18-19-20-21-22-23-24-25-27-29-31-33-35-37-42(50)60-40(38-58-41(49)36-34-32-30-28-26-16-14-12-10-8-6-4-2)39-59-62(56,57)61-48-46(54)44(52)43(51)45(53)47(48)55/h12,14,18-19,21-22,24-25,29,31,40,43-48,51-55H,3-11,13,15-17,20,23,26-28,30,32-39H2,1-2H3,(H,56,57)/b14-12+,19-18+,22-21+,25-24+,31-29+/t40-,43?,44+,45?,46?,47?,48?/m1/s1. The molecule has 1 aliphatic rings. The predicted octanol–water partition coefficient (Wildman–Crippen LogP) is 9.34. The third-order valence-electron chi connectivity index (χ3n) is 10.6. The van der Waals surface area contributed by atoms with Crippen LogP contribution < -0.4 is 0 Å². The highest BCUT2D eigenvalue weighted by Crippen LogP contribution is 2.47. The zero-order valence-corrected chi connectivity index (χ0v) is 38.8. The molecule has 6 unspecified atom stereocenters. The van der Waals surface area contributed by atoms with Gasteiger partial charge in [0.25, 0.3) is 0 Å². The minimum atomic E-state index is -5.14. The first-order valence-electron chi connectivity index (χ1n) is 23.6. The average Bonchev–Trinajstić information content (AvgIpc) is 3.25. The Bertz CT molecular complexity index is 1320. The number of carbonyl (C=O) groups excluding carboxylic acids is 2. The molecule has 0 radical (unpaired) electrons. The Kier molecular flexibility index (Phi) is 35.2. The van der Waals surface area contributed by atoms with Crippen LogP contribution in [0.5, 0.6) is 0 Å². The number of aliphatic hydroxyl groups excluding tert-OH is 5. The molecule has 358 valence electrons. The van der Waals surface area contributed by atoms with Gasteiger partial charge in [-0.15, -0.1) is 0 Å². The van der Waals surface area contributed by atoms with Crippen LogP contribution in [0.2, 0.25) is 0 Å². The van der Waals surface area contributed by atoms with Crippen LogP contribution in [0.1, 0.15) is 174 Å². The van der Waals surface area contributed by atoms with Crippen molar-refractivity contribution in [1.82, 2.24) is 0 Å². The van der Waals surface area contributed by atoms with Crippen molar-refractivity contribution in [2.45, 2.75) is 217 Å². The second-order valence-corrected chi connectivity index (χ2v) is 17.7. The second kappa shape index (κ2) is 37.9. The van der Waals surface area contributed by atoms with Gasteiger partial charge in [-0.2, -0.15) is 0 Å². The van der Waals surface area contributed by atoms with Crippen LogP contribution >= 0.6 is 7.82 Å². The maximum Gasteiger partial charge on any atom is 0.472 e. The van der Waals surface area contributed by atoms with E-state index in [1.165, 1.54) is 64.2 Å². The van der Waals surface area contributed by atoms with Gasteiger partial charge in [0.05, 0.1) is 6.61 Å². The number of unbranched alkanes of at least 4 members (excludes halogenated alkanes) is 16. The SMILES string of the molecule is CCCCC/C=C/CCCCCCCC(=O)OC[C@H](COP(=O)(O)OC1C(O)C(O)C(O)[C@H](O)C1O)OC(=O)CCC/C=C/C/C=C/C/C=C/C/C=C/CCCCCCCCC. The van der Waals surface area contributed by atoms with Gasteiger partial charge in [0.2, 0.25) is 0 Å². The summed E-state index contributed by atoms with van der Waals surface area (Å²) in [6, 6.07) is 0. The first kappa shape index (κ1) is 57.6. The van der Waals surface area contributed by atoms with Crippen molar-refractivity contribution in [3.63, 3.8) is 0 Å². The van der Waals surface area contributed by atoms with E-state index in [1.54, 1.807) is 0 Å². The number of carbonyl (C=O) groups is 2. The van der Waals surface area contributed by atoms with E-state index in [0.29, 0.717) is 19.3 Å². The lowest BCUT2D eigenvalue weighted by Gasteiger charge is -2.41. The zero-order chi connectivity index (χ0) is 45.7. The van der Waals surface area contributed by atoms with Crippen molar-refractivity contribution in [3.05, 3.63) is 60.8 Å². The summed E-state index contributed by atoms with van der Waals surface area (Å²) >= 11 is 0. The number of ether oxygens (including phenoxy) is 2. The Morgan fingerprint density at radius 1 is 0.500 bits per heavy atom. The number of hydrogen-bond donors (Lipinski definition) is 6. The fraction of sp³-hybridized carbons (Fsp3) is 0.750. The van der Waals surface area contributed by atoms with Crippen LogP contribution in [0.25, 0.3) is 0 Å². The molecule has 0 aromatic rings. The molecule has 8 atom stereocenters. The van der Waals surface area contributed by atoms with Gasteiger partial charge in [-0.25, -0.2) is 4.57 Å². The molecule has 0 amide bonds. The summed E-state index contributed by atoms with van der Waals surface area (Å²) in [5.41, 5.74) is 0. The number of phosphoric ester groups is 1. The number of rotatable bonds is 38. The molecule has 0 spiro atoms. The summed E-state index contributed by atoms with van der Waals surface area (Å²) in [7, 11) is -5.14. The summed E-state index contributed by atoms with van der Waals surface area (Å²) in [4.78, 5) is 35.6. The van der Waals surface area contributed by atoms with Crippen LogP contribution in [-0.2, 0) is 32.7 Å². The second-order valence-electron chi connectivity index (χ2n) is 16.3. The Balaban J connectivity index is 2.49. The van der Waals surface area contributed by atoms with Gasteiger partial charge in [-0.3, -0.25) is 18.6 Å². The van der Waals surface area contributed by atoms with E-state index in [4.69, 9.17) is 18.5 Å². The number of hydrogen-bond acceptors (Lipinski definition) is 12. The molecule has 0 saturated heterocycles. The lowest BCUT2D eigenvalue weighted by Crippen LogP contribution is -2.64. The summed E-state index contributed by atoms with van der Waals surface area (Å²) in [5, 5.41) is 50.1. The molecule has 1 saturated carbocycles. The van der Waals surface area contributed by atoms with Crippen LogP contribution in [0.3, 0.4) is 0 Å². The highest BCUT2D eigenvalue weighted by atomic mass is 31.2. The number of esters is 2. The molecule has 0 aromatic heterocycles. The lowest BCUT2D eigenvalue weighted by atomic mass is 9.85. The predicted molar refractivity (Wildman–Crippen MR) is 244 cm³/mol. The van der Waals surface area contributed by atoms with E-state index in [9.17, 15) is 44.6 Å². The van der Waals surface area contributed by atoms with Crippen molar-refractivity contribution in [1.29, 1.82) is 0 Å². The largest absolute Gasteiger partial charge is 0.472 e. The fourth-order valence-electron chi connectivity index (χ4n) is 6.74. The smallest absolute Gasteiger partial charge is 0.462 e. The summed E-state index contributed by atoms with van der Waals surface area (Å²) < 4.78 is 33.4. The van der Waals surface area contributed by atoms with Crippen molar-refractivity contribution < 1.29 is 63.1 Å². The molecule has 62 heavy (non-hydrogen) atoms. The van der Waals surface area contributed by atoms with Crippen molar-refractivity contribution in [2.24, 2.45) is 0 Å². The molecule has 0 aromatic carbocycles. The van der Waals surface area contributed by atoms with E-state index >= 15 is 0 Å². The molecular weight excluding hydrogens is 815 g/mol. The molecule has 0 aliphatic heterocycles. The van der Waals surface area contributed by atoms with E-state index in [0.717, 1.165) is 64.2 Å². The molecule has 1 aliphatic carbocycles. The quantitative estimate of drug-likeness (QED) is 0.0148.